The van der Waals surface area contributed by atoms with Crippen molar-refractivity contribution in [2.45, 2.75) is 31.8 Å². The Bertz CT molecular complexity index is 844. The summed E-state index contributed by atoms with van der Waals surface area (Å²) in [5, 5.41) is 20.6. The Morgan fingerprint density at radius 3 is 1.93 bits per heavy atom. The van der Waals surface area contributed by atoms with Gasteiger partial charge in [0, 0.05) is 24.2 Å². The van der Waals surface area contributed by atoms with E-state index in [1.807, 2.05) is 55.5 Å². The molecule has 0 radical (unpaired) electrons. The summed E-state index contributed by atoms with van der Waals surface area (Å²) in [7, 11) is 3.23. The van der Waals surface area contributed by atoms with Gasteiger partial charge in [-0.2, -0.15) is 0 Å². The van der Waals surface area contributed by atoms with Crippen LogP contribution in [0.4, 0.5) is 0 Å². The summed E-state index contributed by atoms with van der Waals surface area (Å²) in [6, 6.07) is 15.0. The minimum absolute atomic E-state index is 0.158. The SMILES string of the molecule is CCCC(O)(CCO)c1nc(-c2ccc(OC)cc2)c(-c2ccc(OC)cc2)o1. The molecule has 0 fully saturated rings. The van der Waals surface area contributed by atoms with E-state index in [2.05, 4.69) is 4.98 Å². The van der Waals surface area contributed by atoms with Gasteiger partial charge in [-0.15, -0.1) is 0 Å². The standard InChI is InChI=1S/C23H27NO5/c1-4-13-23(26,14-15-25)22-24-20(16-5-9-18(27-2)10-6-16)21(29-22)17-7-11-19(28-3)12-8-17/h5-12,25-26H,4,13-15H2,1-3H3. The Kier molecular flexibility index (Phi) is 6.56. The van der Waals surface area contributed by atoms with E-state index in [9.17, 15) is 10.2 Å². The van der Waals surface area contributed by atoms with Crippen LogP contribution in [0.15, 0.2) is 52.9 Å². The van der Waals surface area contributed by atoms with Gasteiger partial charge in [0.05, 0.1) is 14.2 Å². The lowest BCUT2D eigenvalue weighted by atomic mass is 9.94. The first-order valence-corrected chi connectivity index (χ1v) is 9.68. The second-order valence-electron chi connectivity index (χ2n) is 6.91. The maximum absolute atomic E-state index is 11.1. The molecule has 0 aliphatic heterocycles. The lowest BCUT2D eigenvalue weighted by Crippen LogP contribution is -2.27. The third-order valence-corrected chi connectivity index (χ3v) is 4.93. The highest BCUT2D eigenvalue weighted by atomic mass is 16.5. The number of ether oxygens (including phenoxy) is 2. The Labute approximate surface area is 170 Å². The largest absolute Gasteiger partial charge is 0.497 e. The van der Waals surface area contributed by atoms with Crippen molar-refractivity contribution in [3.8, 4) is 34.1 Å². The van der Waals surface area contributed by atoms with Crippen molar-refractivity contribution >= 4 is 0 Å². The van der Waals surface area contributed by atoms with Gasteiger partial charge in [-0.25, -0.2) is 4.98 Å². The molecule has 1 unspecified atom stereocenters. The Hall–Kier alpha value is -2.83. The molecule has 1 aromatic heterocycles. The molecule has 0 spiro atoms. The molecule has 0 saturated heterocycles. The van der Waals surface area contributed by atoms with Gasteiger partial charge in [0.1, 0.15) is 22.8 Å². The fraction of sp³-hybridized carbons (Fsp3) is 0.348. The van der Waals surface area contributed by atoms with E-state index < -0.39 is 5.60 Å². The van der Waals surface area contributed by atoms with Crippen LogP contribution in [0, 0.1) is 0 Å². The third kappa shape index (κ3) is 4.44. The molecule has 0 bridgehead atoms. The van der Waals surface area contributed by atoms with Crippen LogP contribution in [0.5, 0.6) is 11.5 Å². The summed E-state index contributed by atoms with van der Waals surface area (Å²) < 4.78 is 16.6. The number of hydrogen-bond donors (Lipinski definition) is 2. The van der Waals surface area contributed by atoms with Crippen LogP contribution in [0.25, 0.3) is 22.6 Å². The maximum atomic E-state index is 11.1. The molecule has 2 aromatic carbocycles. The van der Waals surface area contributed by atoms with Gasteiger partial charge in [0.25, 0.3) is 0 Å². The minimum atomic E-state index is -1.32. The zero-order chi connectivity index (χ0) is 20.9. The van der Waals surface area contributed by atoms with Crippen molar-refractivity contribution < 1.29 is 24.1 Å². The number of nitrogens with zero attached hydrogens (tertiary/aromatic N) is 1. The molecule has 6 nitrogen and oxygen atoms in total. The topological polar surface area (TPSA) is 85.0 Å². The van der Waals surface area contributed by atoms with E-state index in [4.69, 9.17) is 13.9 Å². The molecule has 6 heteroatoms. The molecule has 3 aromatic rings. The van der Waals surface area contributed by atoms with Crippen LogP contribution in [-0.4, -0.2) is 36.0 Å². The summed E-state index contributed by atoms with van der Waals surface area (Å²) in [4.78, 5) is 4.66. The van der Waals surface area contributed by atoms with Crippen LogP contribution in [0.2, 0.25) is 0 Å². The quantitative estimate of drug-likeness (QED) is 0.557. The van der Waals surface area contributed by atoms with Crippen molar-refractivity contribution in [1.29, 1.82) is 0 Å². The van der Waals surface area contributed by atoms with Gasteiger partial charge < -0.3 is 24.1 Å². The fourth-order valence-electron chi connectivity index (χ4n) is 3.34. The summed E-state index contributed by atoms with van der Waals surface area (Å²) in [5.74, 6) is 2.25. The Morgan fingerprint density at radius 2 is 1.45 bits per heavy atom. The molecule has 1 heterocycles. The fourth-order valence-corrected chi connectivity index (χ4v) is 3.34. The summed E-state index contributed by atoms with van der Waals surface area (Å²) in [6.45, 7) is 1.81. The van der Waals surface area contributed by atoms with Crippen molar-refractivity contribution in [1.82, 2.24) is 4.98 Å². The van der Waals surface area contributed by atoms with E-state index in [0.717, 1.165) is 29.0 Å². The van der Waals surface area contributed by atoms with Crippen molar-refractivity contribution in [3.63, 3.8) is 0 Å². The van der Waals surface area contributed by atoms with Crippen LogP contribution < -0.4 is 9.47 Å². The number of aromatic nitrogens is 1. The zero-order valence-corrected chi connectivity index (χ0v) is 17.0. The zero-order valence-electron chi connectivity index (χ0n) is 17.0. The predicted octanol–water partition coefficient (Wildman–Crippen LogP) is 4.40. The molecule has 29 heavy (non-hydrogen) atoms. The highest BCUT2D eigenvalue weighted by molar-refractivity contribution is 5.77. The lowest BCUT2D eigenvalue weighted by Gasteiger charge is -2.23. The number of aliphatic hydroxyl groups is 2. The van der Waals surface area contributed by atoms with Crippen molar-refractivity contribution in [2.75, 3.05) is 20.8 Å². The van der Waals surface area contributed by atoms with E-state index in [0.29, 0.717) is 17.9 Å². The average molecular weight is 397 g/mol. The van der Waals surface area contributed by atoms with Gasteiger partial charge in [-0.3, -0.25) is 0 Å². The van der Waals surface area contributed by atoms with Gasteiger partial charge >= 0.3 is 0 Å². The monoisotopic (exact) mass is 397 g/mol. The highest BCUT2D eigenvalue weighted by Crippen LogP contribution is 2.39. The first kappa shape index (κ1) is 20.9. The molecule has 2 N–H and O–H groups in total. The highest BCUT2D eigenvalue weighted by Gasteiger charge is 2.35. The van der Waals surface area contributed by atoms with E-state index >= 15 is 0 Å². The van der Waals surface area contributed by atoms with Crippen LogP contribution in [0.1, 0.15) is 32.1 Å². The molecule has 3 rings (SSSR count). The first-order valence-electron chi connectivity index (χ1n) is 9.68. The number of benzene rings is 2. The molecule has 1 atom stereocenters. The van der Waals surface area contributed by atoms with E-state index in [1.54, 1.807) is 14.2 Å². The second-order valence-corrected chi connectivity index (χ2v) is 6.91. The van der Waals surface area contributed by atoms with Crippen LogP contribution in [-0.2, 0) is 5.60 Å². The predicted molar refractivity (Wildman–Crippen MR) is 111 cm³/mol. The molecule has 0 aliphatic rings. The summed E-state index contributed by atoms with van der Waals surface area (Å²) in [6.07, 6.45) is 1.33. The molecular weight excluding hydrogens is 370 g/mol. The Balaban J connectivity index is 2.13. The molecule has 0 amide bonds. The van der Waals surface area contributed by atoms with Gasteiger partial charge in [-0.05, 0) is 55.0 Å². The van der Waals surface area contributed by atoms with Crippen LogP contribution in [0.3, 0.4) is 0 Å². The summed E-state index contributed by atoms with van der Waals surface area (Å²) in [5.41, 5.74) is 0.961. The average Bonchev–Trinajstić information content (AvgIpc) is 3.20. The van der Waals surface area contributed by atoms with Gasteiger partial charge in [-0.1, -0.05) is 13.3 Å². The van der Waals surface area contributed by atoms with Gasteiger partial charge in [0.15, 0.2) is 5.76 Å². The molecule has 0 aliphatic carbocycles. The third-order valence-electron chi connectivity index (χ3n) is 4.93. The Morgan fingerprint density at radius 1 is 0.897 bits per heavy atom. The molecule has 0 saturated carbocycles. The van der Waals surface area contributed by atoms with E-state index in [-0.39, 0.29) is 18.9 Å². The minimum Gasteiger partial charge on any atom is -0.497 e. The smallest absolute Gasteiger partial charge is 0.227 e. The molecule has 154 valence electrons. The number of methoxy groups -OCH3 is 2. The number of rotatable bonds is 9. The summed E-state index contributed by atoms with van der Waals surface area (Å²) >= 11 is 0. The van der Waals surface area contributed by atoms with Crippen molar-refractivity contribution in [2.24, 2.45) is 0 Å². The maximum Gasteiger partial charge on any atom is 0.227 e. The lowest BCUT2D eigenvalue weighted by molar-refractivity contribution is -0.0203. The normalized spacial score (nSPS) is 13.1. The number of aliphatic hydroxyl groups excluding tert-OH is 1. The number of oxazole rings is 1. The van der Waals surface area contributed by atoms with Gasteiger partial charge in [0.2, 0.25) is 5.89 Å². The van der Waals surface area contributed by atoms with Crippen molar-refractivity contribution in [3.05, 3.63) is 54.4 Å². The number of hydrogen-bond acceptors (Lipinski definition) is 6. The van der Waals surface area contributed by atoms with Crippen LogP contribution >= 0.6 is 0 Å². The molecular formula is C23H27NO5. The first-order chi connectivity index (χ1) is 14.0. The second kappa shape index (κ2) is 9.11. The van der Waals surface area contributed by atoms with E-state index in [1.165, 1.54) is 0 Å².